The van der Waals surface area contributed by atoms with E-state index in [1.54, 1.807) is 0 Å². The molecule has 2 aromatic carbocycles. The maximum atomic E-state index is 12.3. The molecule has 0 radical (unpaired) electrons. The van der Waals surface area contributed by atoms with Crippen LogP contribution in [0.3, 0.4) is 0 Å². The van der Waals surface area contributed by atoms with E-state index < -0.39 is 9.84 Å². The van der Waals surface area contributed by atoms with Gasteiger partial charge >= 0.3 is 6.01 Å². The minimum Gasteiger partial charge on any atom is -0.407 e. The van der Waals surface area contributed by atoms with Gasteiger partial charge in [0.05, 0.1) is 17.1 Å². The summed E-state index contributed by atoms with van der Waals surface area (Å²) in [5, 5.41) is 10.8. The van der Waals surface area contributed by atoms with Crippen LogP contribution in [0.25, 0.3) is 0 Å². The third-order valence-electron chi connectivity index (χ3n) is 4.70. The summed E-state index contributed by atoms with van der Waals surface area (Å²) in [6.07, 6.45) is 0.641. The number of rotatable bonds is 9. The molecule has 1 N–H and O–H groups in total. The monoisotopic (exact) mass is 461 g/mol. The van der Waals surface area contributed by atoms with Crippen LogP contribution in [0, 0.1) is 0 Å². The van der Waals surface area contributed by atoms with Crippen molar-refractivity contribution < 1.29 is 17.6 Å². The van der Waals surface area contributed by atoms with Gasteiger partial charge in [0.15, 0.2) is 9.84 Å². The number of nitrogens with zero attached hydrogens (tertiary/aromatic N) is 2. The molecular weight excluding hydrogens is 438 g/mol. The van der Waals surface area contributed by atoms with Crippen LogP contribution < -0.4 is 5.32 Å². The van der Waals surface area contributed by atoms with Crippen LogP contribution in [-0.2, 0) is 21.1 Å². The SMILES string of the molecule is CC(C)c1ccc(Cc2nnc(NC(=O)CCCS(=O)(=O)c3ccc(Cl)cc3)o2)cc1. The summed E-state index contributed by atoms with van der Waals surface area (Å²) in [6.45, 7) is 4.27. The van der Waals surface area contributed by atoms with E-state index in [1.807, 2.05) is 12.1 Å². The third-order valence-corrected chi connectivity index (χ3v) is 6.77. The maximum Gasteiger partial charge on any atom is 0.322 e. The van der Waals surface area contributed by atoms with E-state index in [9.17, 15) is 13.2 Å². The molecule has 3 rings (SSSR count). The fourth-order valence-electron chi connectivity index (χ4n) is 2.93. The fourth-order valence-corrected chi connectivity index (χ4v) is 4.37. The van der Waals surface area contributed by atoms with E-state index in [0.717, 1.165) is 5.56 Å². The molecule has 0 atom stereocenters. The Morgan fingerprint density at radius 3 is 2.39 bits per heavy atom. The molecule has 9 heteroatoms. The van der Waals surface area contributed by atoms with Gasteiger partial charge in [-0.25, -0.2) is 8.42 Å². The van der Waals surface area contributed by atoms with Gasteiger partial charge < -0.3 is 4.42 Å². The van der Waals surface area contributed by atoms with Crippen LogP contribution in [-0.4, -0.2) is 30.3 Å². The highest BCUT2D eigenvalue weighted by molar-refractivity contribution is 7.91. The predicted octanol–water partition coefficient (Wildman–Crippen LogP) is 4.63. The van der Waals surface area contributed by atoms with Gasteiger partial charge in [-0.1, -0.05) is 54.8 Å². The van der Waals surface area contributed by atoms with Crippen LogP contribution in [0.2, 0.25) is 5.02 Å². The summed E-state index contributed by atoms with van der Waals surface area (Å²) in [6, 6.07) is 14.1. The average Bonchev–Trinajstić information content (AvgIpc) is 3.15. The highest BCUT2D eigenvalue weighted by Gasteiger charge is 2.16. The van der Waals surface area contributed by atoms with Gasteiger partial charge in [-0.3, -0.25) is 10.1 Å². The van der Waals surface area contributed by atoms with Gasteiger partial charge in [0, 0.05) is 11.4 Å². The summed E-state index contributed by atoms with van der Waals surface area (Å²) in [5.41, 5.74) is 2.28. The smallest absolute Gasteiger partial charge is 0.322 e. The first-order valence-electron chi connectivity index (χ1n) is 9.92. The minimum atomic E-state index is -3.47. The molecular formula is C22H24ClN3O4S. The quantitative estimate of drug-likeness (QED) is 0.498. The Morgan fingerprint density at radius 2 is 1.74 bits per heavy atom. The Labute approximate surface area is 186 Å². The molecule has 164 valence electrons. The molecule has 0 spiro atoms. The molecule has 0 aliphatic rings. The topological polar surface area (TPSA) is 102 Å². The van der Waals surface area contributed by atoms with E-state index in [2.05, 4.69) is 41.5 Å². The number of benzene rings is 2. The molecule has 0 bridgehead atoms. The van der Waals surface area contributed by atoms with Crippen LogP contribution in [0.1, 0.15) is 49.6 Å². The molecule has 1 amide bonds. The molecule has 0 fully saturated rings. The molecule has 31 heavy (non-hydrogen) atoms. The van der Waals surface area contributed by atoms with Crippen molar-refractivity contribution in [2.75, 3.05) is 11.1 Å². The second kappa shape index (κ2) is 10.1. The highest BCUT2D eigenvalue weighted by Crippen LogP contribution is 2.18. The Bertz CT molecular complexity index is 1120. The standard InChI is InChI=1S/C22H24ClN3O4S/c1-15(2)17-7-5-16(6-8-17)14-21-25-26-22(30-21)24-20(27)4-3-13-31(28,29)19-11-9-18(23)10-12-19/h5-12,15H,3-4,13-14H2,1-2H3,(H,24,26,27). The van der Waals surface area contributed by atoms with Crippen molar-refractivity contribution in [1.29, 1.82) is 0 Å². The van der Waals surface area contributed by atoms with Crippen molar-refractivity contribution in [3.8, 4) is 0 Å². The van der Waals surface area contributed by atoms with Gasteiger partial charge in [0.25, 0.3) is 0 Å². The molecule has 0 saturated carbocycles. The van der Waals surface area contributed by atoms with Crippen LogP contribution in [0.15, 0.2) is 57.8 Å². The lowest BCUT2D eigenvalue weighted by Gasteiger charge is -2.05. The zero-order valence-corrected chi connectivity index (χ0v) is 18.9. The van der Waals surface area contributed by atoms with E-state index in [1.165, 1.54) is 29.8 Å². The molecule has 1 aromatic heterocycles. The molecule has 1 heterocycles. The van der Waals surface area contributed by atoms with E-state index >= 15 is 0 Å². The summed E-state index contributed by atoms with van der Waals surface area (Å²) in [7, 11) is -3.47. The molecule has 0 aliphatic carbocycles. The van der Waals surface area contributed by atoms with Crippen molar-refractivity contribution in [1.82, 2.24) is 10.2 Å². The number of hydrogen-bond acceptors (Lipinski definition) is 6. The van der Waals surface area contributed by atoms with E-state index in [-0.39, 0.29) is 35.4 Å². The lowest BCUT2D eigenvalue weighted by atomic mass is 10.0. The van der Waals surface area contributed by atoms with Gasteiger partial charge in [-0.15, -0.1) is 5.10 Å². The van der Waals surface area contributed by atoms with Crippen molar-refractivity contribution >= 4 is 33.4 Å². The Balaban J connectivity index is 1.48. The van der Waals surface area contributed by atoms with E-state index in [4.69, 9.17) is 16.0 Å². The van der Waals surface area contributed by atoms with Crippen LogP contribution >= 0.6 is 11.6 Å². The zero-order chi connectivity index (χ0) is 22.4. The van der Waals surface area contributed by atoms with Crippen molar-refractivity contribution in [2.45, 2.75) is 43.9 Å². The Hall–Kier alpha value is -2.71. The summed E-state index contributed by atoms with van der Waals surface area (Å²) < 4.78 is 30.1. The second-order valence-electron chi connectivity index (χ2n) is 7.50. The molecule has 3 aromatic rings. The number of halogens is 1. The van der Waals surface area contributed by atoms with Gasteiger partial charge in [-0.2, -0.15) is 0 Å². The number of amides is 1. The number of hydrogen-bond donors (Lipinski definition) is 1. The first kappa shape index (κ1) is 23.0. The number of carbonyl (C=O) groups excluding carboxylic acids is 1. The Kier molecular flexibility index (Phi) is 7.46. The third kappa shape index (κ3) is 6.63. The first-order valence-corrected chi connectivity index (χ1v) is 12.0. The van der Waals surface area contributed by atoms with Crippen molar-refractivity contribution in [3.05, 3.63) is 70.6 Å². The Morgan fingerprint density at radius 1 is 1.06 bits per heavy atom. The summed E-state index contributed by atoms with van der Waals surface area (Å²) >= 11 is 5.78. The second-order valence-corrected chi connectivity index (χ2v) is 10.0. The number of anilines is 1. The van der Waals surface area contributed by atoms with Crippen LogP contribution in [0.5, 0.6) is 0 Å². The van der Waals surface area contributed by atoms with Gasteiger partial charge in [-0.05, 0) is 47.7 Å². The molecule has 7 nitrogen and oxygen atoms in total. The minimum absolute atomic E-state index is 0.000594. The zero-order valence-electron chi connectivity index (χ0n) is 17.3. The number of nitrogens with one attached hydrogen (secondary N) is 1. The lowest BCUT2D eigenvalue weighted by Crippen LogP contribution is -2.14. The van der Waals surface area contributed by atoms with E-state index in [0.29, 0.717) is 23.3 Å². The largest absolute Gasteiger partial charge is 0.407 e. The highest BCUT2D eigenvalue weighted by atomic mass is 35.5. The first-order chi connectivity index (χ1) is 14.7. The van der Waals surface area contributed by atoms with Gasteiger partial charge in [0.2, 0.25) is 11.8 Å². The maximum absolute atomic E-state index is 12.3. The number of aromatic nitrogens is 2. The summed E-state index contributed by atoms with van der Waals surface area (Å²) in [4.78, 5) is 12.3. The normalized spacial score (nSPS) is 11.6. The molecule has 0 saturated heterocycles. The number of sulfone groups is 1. The fraction of sp³-hybridized carbons (Fsp3) is 0.318. The molecule has 0 unspecified atom stereocenters. The number of carbonyl (C=O) groups is 1. The predicted molar refractivity (Wildman–Crippen MR) is 119 cm³/mol. The lowest BCUT2D eigenvalue weighted by molar-refractivity contribution is -0.116. The van der Waals surface area contributed by atoms with Gasteiger partial charge in [0.1, 0.15) is 0 Å². The van der Waals surface area contributed by atoms with Crippen LogP contribution in [0.4, 0.5) is 6.01 Å². The summed E-state index contributed by atoms with van der Waals surface area (Å²) in [5.74, 6) is 0.310. The van der Waals surface area contributed by atoms with Crippen molar-refractivity contribution in [2.24, 2.45) is 0 Å². The average molecular weight is 462 g/mol. The van der Waals surface area contributed by atoms with Crippen molar-refractivity contribution in [3.63, 3.8) is 0 Å². The molecule has 0 aliphatic heterocycles.